The summed E-state index contributed by atoms with van der Waals surface area (Å²) in [7, 11) is 0. The van der Waals surface area contributed by atoms with Crippen LogP contribution < -0.4 is 10.6 Å². The predicted octanol–water partition coefficient (Wildman–Crippen LogP) is 3.81. The molecule has 0 radical (unpaired) electrons. The van der Waals surface area contributed by atoms with Gasteiger partial charge in [-0.25, -0.2) is 0 Å². The lowest BCUT2D eigenvalue weighted by atomic mass is 10.0. The molecule has 3 aromatic rings. The highest BCUT2D eigenvalue weighted by atomic mass is 19.4. The summed E-state index contributed by atoms with van der Waals surface area (Å²) in [5.74, 6) is -1.32. The molecule has 0 bridgehead atoms. The third-order valence-electron chi connectivity index (χ3n) is 4.40. The molecule has 3 N–H and O–H groups in total. The first kappa shape index (κ1) is 20.4. The fraction of sp³-hybridized carbons (Fsp3) is 0.250. The largest absolute Gasteiger partial charge is 0.410 e. The fourth-order valence-electron chi connectivity index (χ4n) is 2.65. The van der Waals surface area contributed by atoms with Gasteiger partial charge in [0.2, 0.25) is 5.91 Å². The lowest BCUT2D eigenvalue weighted by Gasteiger charge is -2.28. The van der Waals surface area contributed by atoms with E-state index in [-0.39, 0.29) is 23.7 Å². The molecule has 0 saturated heterocycles. The van der Waals surface area contributed by atoms with Gasteiger partial charge in [0.05, 0.1) is 6.42 Å². The van der Waals surface area contributed by atoms with Gasteiger partial charge >= 0.3 is 6.18 Å². The van der Waals surface area contributed by atoms with Crippen LogP contribution in [-0.2, 0) is 11.2 Å². The Labute approximate surface area is 164 Å². The van der Waals surface area contributed by atoms with Crippen LogP contribution in [0.5, 0.6) is 0 Å². The first-order chi connectivity index (χ1) is 13.5. The van der Waals surface area contributed by atoms with E-state index in [1.807, 2.05) is 29.6 Å². The molecule has 9 heteroatoms. The number of aromatic nitrogens is 2. The van der Waals surface area contributed by atoms with Gasteiger partial charge in [-0.1, -0.05) is 12.1 Å². The van der Waals surface area contributed by atoms with Gasteiger partial charge in [0.25, 0.3) is 5.91 Å². The molecule has 0 aliphatic heterocycles. The normalized spacial score (nSPS) is 12.0. The van der Waals surface area contributed by atoms with Crippen molar-refractivity contribution in [1.29, 1.82) is 0 Å². The first-order valence-corrected chi connectivity index (χ1v) is 8.76. The lowest BCUT2D eigenvalue weighted by molar-refractivity contribution is -0.182. The number of carbonyl (C=O) groups excluding carboxylic acids is 2. The molecule has 29 heavy (non-hydrogen) atoms. The van der Waals surface area contributed by atoms with Crippen molar-refractivity contribution in [1.82, 2.24) is 15.3 Å². The minimum absolute atomic E-state index is 0.0971. The number of anilines is 1. The van der Waals surface area contributed by atoms with Gasteiger partial charge in [0.1, 0.15) is 11.2 Å². The van der Waals surface area contributed by atoms with Crippen LogP contribution in [0, 0.1) is 0 Å². The van der Waals surface area contributed by atoms with E-state index in [0.29, 0.717) is 0 Å². The highest BCUT2D eigenvalue weighted by molar-refractivity contribution is 5.96. The molecule has 3 rings (SSSR count). The van der Waals surface area contributed by atoms with Crippen molar-refractivity contribution in [3.05, 3.63) is 60.0 Å². The summed E-state index contributed by atoms with van der Waals surface area (Å²) in [6.07, 6.45) is -1.47. The summed E-state index contributed by atoms with van der Waals surface area (Å²) in [6.45, 7) is 1.72. The molecule has 6 nitrogen and oxygen atoms in total. The number of fused-ring (bicyclic) bond motifs is 1. The van der Waals surface area contributed by atoms with E-state index < -0.39 is 17.6 Å². The smallest absolute Gasteiger partial charge is 0.361 e. The van der Waals surface area contributed by atoms with E-state index in [0.717, 1.165) is 30.3 Å². The van der Waals surface area contributed by atoms with E-state index >= 15 is 0 Å². The Bertz CT molecular complexity index is 1060. The summed E-state index contributed by atoms with van der Waals surface area (Å²) in [5.41, 5.74) is -0.683. The number of nitrogens with zero attached hydrogens (tertiary/aromatic N) is 1. The molecular formula is C20H19F3N4O2. The SMILES string of the molecule is CC(C)(NC(=O)c1cc(NC(=O)Cc2ccc3cc[nH]c3c2)ccn1)C(F)(F)F. The zero-order valence-electron chi connectivity index (χ0n) is 15.7. The summed E-state index contributed by atoms with van der Waals surface area (Å²) in [4.78, 5) is 31.3. The van der Waals surface area contributed by atoms with Crippen LogP contribution >= 0.6 is 0 Å². The average Bonchev–Trinajstić information content (AvgIpc) is 3.08. The number of aromatic amines is 1. The summed E-state index contributed by atoms with van der Waals surface area (Å²) in [5, 5.41) is 5.56. The number of H-pyrrole nitrogens is 1. The number of alkyl halides is 3. The van der Waals surface area contributed by atoms with Crippen molar-refractivity contribution in [3.8, 4) is 0 Å². The molecule has 152 valence electrons. The third kappa shape index (κ3) is 4.74. The number of rotatable bonds is 5. The maximum Gasteiger partial charge on any atom is 0.410 e. The van der Waals surface area contributed by atoms with Crippen LogP contribution in [-0.4, -0.2) is 33.5 Å². The van der Waals surface area contributed by atoms with Crippen LogP contribution in [0.25, 0.3) is 10.9 Å². The lowest BCUT2D eigenvalue weighted by Crippen LogP contribution is -2.54. The zero-order chi connectivity index (χ0) is 21.2. The topological polar surface area (TPSA) is 86.9 Å². The predicted molar refractivity (Wildman–Crippen MR) is 102 cm³/mol. The minimum atomic E-state index is -4.62. The Morgan fingerprint density at radius 3 is 2.59 bits per heavy atom. The van der Waals surface area contributed by atoms with E-state index in [4.69, 9.17) is 0 Å². The number of hydrogen-bond acceptors (Lipinski definition) is 3. The molecule has 0 saturated carbocycles. The van der Waals surface area contributed by atoms with Crippen molar-refractivity contribution in [2.45, 2.75) is 32.0 Å². The Balaban J connectivity index is 1.67. The van der Waals surface area contributed by atoms with Gasteiger partial charge in [-0.15, -0.1) is 0 Å². The van der Waals surface area contributed by atoms with Gasteiger partial charge in [-0.05, 0) is 49.1 Å². The highest BCUT2D eigenvalue weighted by Gasteiger charge is 2.48. The average molecular weight is 404 g/mol. The summed E-state index contributed by atoms with van der Waals surface area (Å²) >= 11 is 0. The van der Waals surface area contributed by atoms with Crippen LogP contribution in [0.3, 0.4) is 0 Å². The number of amides is 2. The highest BCUT2D eigenvalue weighted by Crippen LogP contribution is 2.29. The first-order valence-electron chi connectivity index (χ1n) is 8.76. The molecule has 2 heterocycles. The second-order valence-electron chi connectivity index (χ2n) is 7.13. The standard InChI is InChI=1S/C20H19F3N4O2/c1-19(2,20(21,22)23)27-18(29)16-11-14(6-8-25-16)26-17(28)10-12-3-4-13-5-7-24-15(13)9-12/h3-9,11,24H,10H2,1-2H3,(H,27,29)(H,25,26,28). The Morgan fingerprint density at radius 2 is 1.86 bits per heavy atom. The van der Waals surface area contributed by atoms with Crippen molar-refractivity contribution in [2.24, 2.45) is 0 Å². The van der Waals surface area contributed by atoms with Crippen molar-refractivity contribution in [2.75, 3.05) is 5.32 Å². The van der Waals surface area contributed by atoms with Crippen LogP contribution in [0.4, 0.5) is 18.9 Å². The quantitative estimate of drug-likeness (QED) is 0.604. The van der Waals surface area contributed by atoms with Crippen molar-refractivity contribution < 1.29 is 22.8 Å². The number of nitrogens with one attached hydrogen (secondary N) is 3. The molecule has 1 aromatic carbocycles. The maximum atomic E-state index is 13.0. The fourth-order valence-corrected chi connectivity index (χ4v) is 2.65. The molecule has 0 atom stereocenters. The zero-order valence-corrected chi connectivity index (χ0v) is 15.7. The second-order valence-corrected chi connectivity index (χ2v) is 7.13. The van der Waals surface area contributed by atoms with Gasteiger partial charge in [-0.2, -0.15) is 13.2 Å². The molecule has 0 aliphatic rings. The van der Waals surface area contributed by atoms with E-state index in [1.54, 1.807) is 6.20 Å². The van der Waals surface area contributed by atoms with Crippen molar-refractivity contribution in [3.63, 3.8) is 0 Å². The van der Waals surface area contributed by atoms with Gasteiger partial charge < -0.3 is 15.6 Å². The number of pyridine rings is 1. The minimum Gasteiger partial charge on any atom is -0.361 e. The van der Waals surface area contributed by atoms with E-state index in [1.165, 1.54) is 18.3 Å². The Kier molecular flexibility index (Phi) is 5.32. The van der Waals surface area contributed by atoms with Crippen LogP contribution in [0.1, 0.15) is 29.9 Å². The molecule has 2 amide bonds. The monoisotopic (exact) mass is 404 g/mol. The Morgan fingerprint density at radius 1 is 1.10 bits per heavy atom. The van der Waals surface area contributed by atoms with Gasteiger partial charge in [0.15, 0.2) is 0 Å². The van der Waals surface area contributed by atoms with Crippen molar-refractivity contribution >= 4 is 28.4 Å². The van der Waals surface area contributed by atoms with Gasteiger partial charge in [0, 0.05) is 23.6 Å². The number of halogens is 3. The summed E-state index contributed by atoms with van der Waals surface area (Å²) in [6, 6.07) is 10.2. The third-order valence-corrected chi connectivity index (χ3v) is 4.40. The van der Waals surface area contributed by atoms with Gasteiger partial charge in [-0.3, -0.25) is 14.6 Å². The second kappa shape index (κ2) is 7.57. The number of benzene rings is 1. The van der Waals surface area contributed by atoms with E-state index in [2.05, 4.69) is 15.3 Å². The molecule has 0 spiro atoms. The van der Waals surface area contributed by atoms with Crippen LogP contribution in [0.15, 0.2) is 48.8 Å². The Hall–Kier alpha value is -3.36. The number of hydrogen-bond donors (Lipinski definition) is 3. The molecule has 2 aromatic heterocycles. The molecule has 0 fully saturated rings. The molecule has 0 aliphatic carbocycles. The van der Waals surface area contributed by atoms with E-state index in [9.17, 15) is 22.8 Å². The number of carbonyl (C=O) groups is 2. The molecule has 0 unspecified atom stereocenters. The maximum absolute atomic E-state index is 13.0. The molecular weight excluding hydrogens is 385 g/mol. The summed E-state index contributed by atoms with van der Waals surface area (Å²) < 4.78 is 38.9. The van der Waals surface area contributed by atoms with Crippen LogP contribution in [0.2, 0.25) is 0 Å².